The summed E-state index contributed by atoms with van der Waals surface area (Å²) in [6.45, 7) is 9.87. The predicted octanol–water partition coefficient (Wildman–Crippen LogP) is 2.51. The summed E-state index contributed by atoms with van der Waals surface area (Å²) in [5, 5.41) is 3.15. The molecule has 1 aromatic heterocycles. The zero-order valence-electron chi connectivity index (χ0n) is 13.3. The molecular weight excluding hydrogens is 288 g/mol. The van der Waals surface area contributed by atoms with Gasteiger partial charge >= 0.3 is 0 Å². The van der Waals surface area contributed by atoms with Crippen LogP contribution in [0.4, 0.5) is 0 Å². The van der Waals surface area contributed by atoms with Crippen molar-refractivity contribution in [2.45, 2.75) is 58.0 Å². The maximum Gasteiger partial charge on any atom is 0.246 e. The van der Waals surface area contributed by atoms with Crippen LogP contribution in [0.2, 0.25) is 0 Å². The van der Waals surface area contributed by atoms with Crippen LogP contribution < -0.4 is 5.32 Å². The maximum absolute atomic E-state index is 12.9. The highest BCUT2D eigenvalue weighted by Crippen LogP contribution is 2.30. The lowest BCUT2D eigenvalue weighted by Gasteiger charge is -2.35. The first kappa shape index (κ1) is 16.5. The lowest BCUT2D eigenvalue weighted by Crippen LogP contribution is -2.44. The van der Waals surface area contributed by atoms with E-state index in [2.05, 4.69) is 12.2 Å². The van der Waals surface area contributed by atoms with Crippen molar-refractivity contribution in [2.75, 3.05) is 13.1 Å². The third-order valence-electron chi connectivity index (χ3n) is 4.14. The molecule has 0 spiro atoms. The Morgan fingerprint density at radius 3 is 2.76 bits per heavy atom. The van der Waals surface area contributed by atoms with E-state index >= 15 is 0 Å². The monoisotopic (exact) mass is 314 g/mol. The van der Waals surface area contributed by atoms with Gasteiger partial charge in [0.15, 0.2) is 0 Å². The van der Waals surface area contributed by atoms with Crippen molar-refractivity contribution in [1.82, 2.24) is 9.62 Å². The minimum absolute atomic E-state index is 0.0465. The number of furan rings is 1. The Hall–Kier alpha value is -0.850. The van der Waals surface area contributed by atoms with Crippen molar-refractivity contribution in [1.29, 1.82) is 0 Å². The van der Waals surface area contributed by atoms with E-state index < -0.39 is 10.0 Å². The third-order valence-corrected chi connectivity index (χ3v) is 6.26. The molecule has 1 aromatic rings. The second-order valence-electron chi connectivity index (χ2n) is 6.01. The Kier molecular flexibility index (Phi) is 5.11. The standard InChI is InChI=1S/C15H26N2O3S/c1-5-16-10-14-9-15(13(4)20-14)21(18,19)17-7-6-11(2)8-12(17)3/h9,11-12,16H,5-8,10H2,1-4H3. The molecule has 0 bridgehead atoms. The molecule has 0 aromatic carbocycles. The number of nitrogens with zero attached hydrogens (tertiary/aromatic N) is 1. The molecule has 0 amide bonds. The molecule has 2 atom stereocenters. The van der Waals surface area contributed by atoms with E-state index in [4.69, 9.17) is 4.42 Å². The van der Waals surface area contributed by atoms with Crippen LogP contribution in [0.15, 0.2) is 15.4 Å². The second-order valence-corrected chi connectivity index (χ2v) is 7.87. The highest BCUT2D eigenvalue weighted by molar-refractivity contribution is 7.89. The largest absolute Gasteiger partial charge is 0.464 e. The first-order chi connectivity index (χ1) is 9.86. The summed E-state index contributed by atoms with van der Waals surface area (Å²) < 4.78 is 32.9. The normalized spacial score (nSPS) is 24.4. The van der Waals surface area contributed by atoms with Gasteiger partial charge in [-0.1, -0.05) is 13.8 Å². The number of sulfonamides is 1. The third kappa shape index (κ3) is 3.49. The van der Waals surface area contributed by atoms with Gasteiger partial charge in [-0.25, -0.2) is 8.42 Å². The Morgan fingerprint density at radius 1 is 1.43 bits per heavy atom. The van der Waals surface area contributed by atoms with Gasteiger partial charge in [0, 0.05) is 18.7 Å². The van der Waals surface area contributed by atoms with E-state index in [-0.39, 0.29) is 6.04 Å². The van der Waals surface area contributed by atoms with Gasteiger partial charge in [-0.3, -0.25) is 0 Å². The van der Waals surface area contributed by atoms with Crippen LogP contribution in [0.1, 0.15) is 45.1 Å². The molecule has 1 aliphatic heterocycles. The molecule has 2 rings (SSSR count). The van der Waals surface area contributed by atoms with Crippen LogP contribution in [0, 0.1) is 12.8 Å². The first-order valence-electron chi connectivity index (χ1n) is 7.68. The molecular formula is C15H26N2O3S. The minimum Gasteiger partial charge on any atom is -0.464 e. The Labute approximate surface area is 127 Å². The molecule has 0 aliphatic carbocycles. The van der Waals surface area contributed by atoms with Crippen LogP contribution in [0.25, 0.3) is 0 Å². The molecule has 0 saturated carbocycles. The molecule has 1 N–H and O–H groups in total. The smallest absolute Gasteiger partial charge is 0.246 e. The summed E-state index contributed by atoms with van der Waals surface area (Å²) in [6.07, 6.45) is 1.84. The number of hydrogen-bond acceptors (Lipinski definition) is 4. The summed E-state index contributed by atoms with van der Waals surface area (Å²) >= 11 is 0. The molecule has 120 valence electrons. The topological polar surface area (TPSA) is 62.6 Å². The van der Waals surface area contributed by atoms with Crippen molar-refractivity contribution < 1.29 is 12.8 Å². The minimum atomic E-state index is -3.46. The van der Waals surface area contributed by atoms with Crippen molar-refractivity contribution in [3.63, 3.8) is 0 Å². The van der Waals surface area contributed by atoms with Crippen LogP contribution in [-0.2, 0) is 16.6 Å². The summed E-state index contributed by atoms with van der Waals surface area (Å²) in [5.41, 5.74) is 0. The fourth-order valence-electron chi connectivity index (χ4n) is 2.98. The average molecular weight is 314 g/mol. The van der Waals surface area contributed by atoms with Crippen LogP contribution in [0.3, 0.4) is 0 Å². The number of rotatable bonds is 5. The van der Waals surface area contributed by atoms with E-state index in [1.165, 1.54) is 0 Å². The quantitative estimate of drug-likeness (QED) is 0.907. The molecule has 1 fully saturated rings. The molecule has 2 unspecified atom stereocenters. The van der Waals surface area contributed by atoms with Gasteiger partial charge in [0.2, 0.25) is 10.0 Å². The summed E-state index contributed by atoms with van der Waals surface area (Å²) in [6, 6.07) is 1.71. The number of piperidine rings is 1. The molecule has 5 nitrogen and oxygen atoms in total. The molecule has 6 heteroatoms. The lowest BCUT2D eigenvalue weighted by atomic mass is 9.95. The first-order valence-corrected chi connectivity index (χ1v) is 9.12. The predicted molar refractivity (Wildman–Crippen MR) is 82.6 cm³/mol. The number of hydrogen-bond donors (Lipinski definition) is 1. The van der Waals surface area contributed by atoms with E-state index in [0.717, 1.165) is 19.4 Å². The van der Waals surface area contributed by atoms with Gasteiger partial charge in [-0.15, -0.1) is 0 Å². The maximum atomic E-state index is 12.9. The molecule has 1 saturated heterocycles. The van der Waals surface area contributed by atoms with Crippen LogP contribution >= 0.6 is 0 Å². The fourth-order valence-corrected chi connectivity index (χ4v) is 4.83. The summed E-state index contributed by atoms with van der Waals surface area (Å²) in [4.78, 5) is 0.316. The molecule has 1 aliphatic rings. The van der Waals surface area contributed by atoms with Gasteiger partial charge in [0.1, 0.15) is 16.4 Å². The van der Waals surface area contributed by atoms with Crippen molar-refractivity contribution in [3.05, 3.63) is 17.6 Å². The van der Waals surface area contributed by atoms with Gasteiger partial charge in [0.05, 0.1) is 6.54 Å². The van der Waals surface area contributed by atoms with Gasteiger partial charge in [-0.2, -0.15) is 4.31 Å². The van der Waals surface area contributed by atoms with Gasteiger partial charge < -0.3 is 9.73 Å². The van der Waals surface area contributed by atoms with Crippen molar-refractivity contribution >= 4 is 10.0 Å². The Balaban J connectivity index is 2.25. The molecule has 0 radical (unpaired) electrons. The zero-order valence-corrected chi connectivity index (χ0v) is 14.2. The molecule has 2 heterocycles. The van der Waals surface area contributed by atoms with E-state index in [1.807, 2.05) is 13.8 Å². The average Bonchev–Trinajstić information content (AvgIpc) is 2.78. The highest BCUT2D eigenvalue weighted by Gasteiger charge is 2.35. The van der Waals surface area contributed by atoms with Crippen LogP contribution in [-0.4, -0.2) is 31.9 Å². The van der Waals surface area contributed by atoms with E-state index in [1.54, 1.807) is 17.3 Å². The van der Waals surface area contributed by atoms with Gasteiger partial charge in [0.25, 0.3) is 0 Å². The van der Waals surface area contributed by atoms with Crippen LogP contribution in [0.5, 0.6) is 0 Å². The second kappa shape index (κ2) is 6.50. The fraction of sp³-hybridized carbons (Fsp3) is 0.733. The summed E-state index contributed by atoms with van der Waals surface area (Å²) in [5.74, 6) is 1.74. The lowest BCUT2D eigenvalue weighted by molar-refractivity contribution is 0.220. The Bertz CT molecular complexity index is 580. The van der Waals surface area contributed by atoms with Crippen molar-refractivity contribution in [3.8, 4) is 0 Å². The number of nitrogens with one attached hydrogen (secondary N) is 1. The SMILES string of the molecule is CCNCc1cc(S(=O)(=O)N2CCC(C)CC2C)c(C)o1. The van der Waals surface area contributed by atoms with E-state index in [0.29, 0.717) is 35.4 Å². The van der Waals surface area contributed by atoms with E-state index in [9.17, 15) is 8.42 Å². The summed E-state index contributed by atoms with van der Waals surface area (Å²) in [7, 11) is -3.46. The highest BCUT2D eigenvalue weighted by atomic mass is 32.2. The van der Waals surface area contributed by atoms with Crippen molar-refractivity contribution in [2.24, 2.45) is 5.92 Å². The molecule has 21 heavy (non-hydrogen) atoms. The Morgan fingerprint density at radius 2 is 2.14 bits per heavy atom. The zero-order chi connectivity index (χ0) is 15.6. The van der Waals surface area contributed by atoms with Gasteiger partial charge in [-0.05, 0) is 39.2 Å². The number of aryl methyl sites for hydroxylation is 1.